The van der Waals surface area contributed by atoms with Crippen LogP contribution in [-0.2, 0) is 11.2 Å². The number of rotatable bonds is 5. The summed E-state index contributed by atoms with van der Waals surface area (Å²) in [4.78, 5) is 11.7. The van der Waals surface area contributed by atoms with E-state index >= 15 is 0 Å². The summed E-state index contributed by atoms with van der Waals surface area (Å²) < 4.78 is 0. The van der Waals surface area contributed by atoms with Crippen molar-refractivity contribution in [3.05, 3.63) is 35.4 Å². The SMILES string of the molecule is CC(C)C(=O)CCc1ccccc1C1CCC1. The van der Waals surface area contributed by atoms with Crippen molar-refractivity contribution >= 4 is 5.78 Å². The second kappa shape index (κ2) is 5.48. The van der Waals surface area contributed by atoms with Crippen LogP contribution >= 0.6 is 0 Å². The van der Waals surface area contributed by atoms with E-state index in [-0.39, 0.29) is 5.92 Å². The molecule has 0 radical (unpaired) electrons. The average molecular weight is 230 g/mol. The van der Waals surface area contributed by atoms with Crippen LogP contribution in [0.25, 0.3) is 0 Å². The number of Topliss-reactive ketones (excluding diaryl/α,β-unsaturated/α-hetero) is 1. The minimum atomic E-state index is 0.172. The maximum atomic E-state index is 11.7. The van der Waals surface area contributed by atoms with Gasteiger partial charge in [-0.1, -0.05) is 44.5 Å². The summed E-state index contributed by atoms with van der Waals surface area (Å²) in [6, 6.07) is 8.67. The average Bonchev–Trinajstić information content (AvgIpc) is 2.25. The molecule has 0 saturated heterocycles. The first-order chi connectivity index (χ1) is 8.18. The van der Waals surface area contributed by atoms with Gasteiger partial charge in [-0.3, -0.25) is 4.79 Å². The standard InChI is InChI=1S/C16H22O/c1-12(2)16(17)11-10-14-6-3-4-9-15(14)13-7-5-8-13/h3-4,6,9,12-13H,5,7-8,10-11H2,1-2H3. The molecule has 1 aliphatic rings. The minimum absolute atomic E-state index is 0.172. The van der Waals surface area contributed by atoms with E-state index in [0.29, 0.717) is 12.2 Å². The Balaban J connectivity index is 2.02. The summed E-state index contributed by atoms with van der Waals surface area (Å²) in [5.41, 5.74) is 2.89. The van der Waals surface area contributed by atoms with Crippen molar-refractivity contribution in [2.24, 2.45) is 5.92 Å². The van der Waals surface area contributed by atoms with E-state index in [4.69, 9.17) is 0 Å². The molecule has 1 aromatic carbocycles. The lowest BCUT2D eigenvalue weighted by Gasteiger charge is -2.28. The van der Waals surface area contributed by atoms with Gasteiger partial charge in [0.25, 0.3) is 0 Å². The van der Waals surface area contributed by atoms with Crippen LogP contribution in [0.4, 0.5) is 0 Å². The molecule has 1 nitrogen and oxygen atoms in total. The highest BCUT2D eigenvalue weighted by Gasteiger charge is 2.21. The predicted octanol–water partition coefficient (Wildman–Crippen LogP) is 4.11. The van der Waals surface area contributed by atoms with Crippen molar-refractivity contribution in [2.75, 3.05) is 0 Å². The number of hydrogen-bond donors (Lipinski definition) is 0. The second-order valence-electron chi connectivity index (χ2n) is 5.45. The van der Waals surface area contributed by atoms with Crippen LogP contribution < -0.4 is 0 Å². The van der Waals surface area contributed by atoms with E-state index in [1.807, 2.05) is 13.8 Å². The van der Waals surface area contributed by atoms with Gasteiger partial charge in [0, 0.05) is 12.3 Å². The van der Waals surface area contributed by atoms with Crippen LogP contribution in [0.15, 0.2) is 24.3 Å². The third-order valence-electron chi connectivity index (χ3n) is 3.88. The van der Waals surface area contributed by atoms with E-state index in [1.165, 1.54) is 30.4 Å². The maximum Gasteiger partial charge on any atom is 0.135 e. The van der Waals surface area contributed by atoms with E-state index < -0.39 is 0 Å². The Labute approximate surface area is 104 Å². The molecule has 1 aromatic rings. The van der Waals surface area contributed by atoms with Crippen LogP contribution in [0, 0.1) is 5.92 Å². The number of ketones is 1. The van der Waals surface area contributed by atoms with Crippen LogP contribution in [-0.4, -0.2) is 5.78 Å². The Hall–Kier alpha value is -1.11. The lowest BCUT2D eigenvalue weighted by Crippen LogP contribution is -2.13. The lowest BCUT2D eigenvalue weighted by atomic mass is 9.77. The fourth-order valence-corrected chi connectivity index (χ4v) is 2.43. The number of aryl methyl sites for hydroxylation is 1. The molecule has 2 rings (SSSR count). The topological polar surface area (TPSA) is 17.1 Å². The second-order valence-corrected chi connectivity index (χ2v) is 5.45. The van der Waals surface area contributed by atoms with E-state index in [9.17, 15) is 4.79 Å². The Morgan fingerprint density at radius 1 is 1.29 bits per heavy atom. The third kappa shape index (κ3) is 2.96. The molecule has 0 aromatic heterocycles. The van der Waals surface area contributed by atoms with Crippen molar-refractivity contribution in [3.8, 4) is 0 Å². The smallest absolute Gasteiger partial charge is 0.135 e. The molecule has 0 heterocycles. The molecule has 1 fully saturated rings. The van der Waals surface area contributed by atoms with Crippen molar-refractivity contribution in [3.63, 3.8) is 0 Å². The maximum absolute atomic E-state index is 11.7. The van der Waals surface area contributed by atoms with Gasteiger partial charge in [0.15, 0.2) is 0 Å². The van der Waals surface area contributed by atoms with Gasteiger partial charge in [-0.05, 0) is 36.3 Å². The van der Waals surface area contributed by atoms with E-state index in [1.54, 1.807) is 0 Å². The van der Waals surface area contributed by atoms with Gasteiger partial charge in [-0.2, -0.15) is 0 Å². The van der Waals surface area contributed by atoms with Gasteiger partial charge >= 0.3 is 0 Å². The quantitative estimate of drug-likeness (QED) is 0.744. The molecule has 0 bridgehead atoms. The minimum Gasteiger partial charge on any atom is -0.299 e. The largest absolute Gasteiger partial charge is 0.299 e. The molecule has 0 unspecified atom stereocenters. The number of carbonyl (C=O) groups is 1. The summed E-state index contributed by atoms with van der Waals surface area (Å²) in [5, 5.41) is 0. The Morgan fingerprint density at radius 2 is 2.00 bits per heavy atom. The molecule has 17 heavy (non-hydrogen) atoms. The van der Waals surface area contributed by atoms with Crippen LogP contribution in [0.5, 0.6) is 0 Å². The number of hydrogen-bond acceptors (Lipinski definition) is 1. The summed E-state index contributed by atoms with van der Waals surface area (Å²) in [5.74, 6) is 1.32. The first-order valence-corrected chi connectivity index (χ1v) is 6.79. The molecule has 0 amide bonds. The van der Waals surface area contributed by atoms with Crippen molar-refractivity contribution in [1.82, 2.24) is 0 Å². The lowest BCUT2D eigenvalue weighted by molar-refractivity contribution is -0.121. The Kier molecular flexibility index (Phi) is 3.98. The molecular weight excluding hydrogens is 208 g/mol. The van der Waals surface area contributed by atoms with Crippen LogP contribution in [0.3, 0.4) is 0 Å². The van der Waals surface area contributed by atoms with Crippen molar-refractivity contribution in [2.45, 2.75) is 51.9 Å². The molecule has 1 heteroatoms. The molecule has 0 atom stereocenters. The highest BCUT2D eigenvalue weighted by Crippen LogP contribution is 2.38. The van der Waals surface area contributed by atoms with Gasteiger partial charge in [-0.25, -0.2) is 0 Å². The molecule has 1 aliphatic carbocycles. The molecule has 0 N–H and O–H groups in total. The Morgan fingerprint density at radius 3 is 2.59 bits per heavy atom. The zero-order chi connectivity index (χ0) is 12.3. The summed E-state index contributed by atoms with van der Waals surface area (Å²) in [6.45, 7) is 3.97. The number of benzene rings is 1. The van der Waals surface area contributed by atoms with Crippen molar-refractivity contribution < 1.29 is 4.79 Å². The predicted molar refractivity (Wildman–Crippen MR) is 71.2 cm³/mol. The summed E-state index contributed by atoms with van der Waals surface area (Å²) in [6.07, 6.45) is 5.64. The van der Waals surface area contributed by atoms with Crippen molar-refractivity contribution in [1.29, 1.82) is 0 Å². The summed E-state index contributed by atoms with van der Waals surface area (Å²) in [7, 11) is 0. The Bertz CT molecular complexity index is 388. The van der Waals surface area contributed by atoms with E-state index in [0.717, 1.165) is 12.3 Å². The van der Waals surface area contributed by atoms with Gasteiger partial charge in [0.05, 0.1) is 0 Å². The fourth-order valence-electron chi connectivity index (χ4n) is 2.43. The normalized spacial score (nSPS) is 15.9. The van der Waals surface area contributed by atoms with Gasteiger partial charge in [-0.15, -0.1) is 0 Å². The molecule has 92 valence electrons. The zero-order valence-corrected chi connectivity index (χ0v) is 10.9. The summed E-state index contributed by atoms with van der Waals surface area (Å²) >= 11 is 0. The molecule has 0 aliphatic heterocycles. The molecule has 1 saturated carbocycles. The van der Waals surface area contributed by atoms with Crippen LogP contribution in [0.1, 0.15) is 56.6 Å². The van der Waals surface area contributed by atoms with Gasteiger partial charge < -0.3 is 0 Å². The fraction of sp³-hybridized carbons (Fsp3) is 0.562. The highest BCUT2D eigenvalue weighted by molar-refractivity contribution is 5.80. The third-order valence-corrected chi connectivity index (χ3v) is 3.88. The molecule has 0 spiro atoms. The van der Waals surface area contributed by atoms with E-state index in [2.05, 4.69) is 24.3 Å². The molecular formula is C16H22O. The first-order valence-electron chi connectivity index (χ1n) is 6.79. The van der Waals surface area contributed by atoms with Gasteiger partial charge in [0.1, 0.15) is 5.78 Å². The number of carbonyl (C=O) groups excluding carboxylic acids is 1. The van der Waals surface area contributed by atoms with Gasteiger partial charge in [0.2, 0.25) is 0 Å². The van der Waals surface area contributed by atoms with Crippen LogP contribution in [0.2, 0.25) is 0 Å². The monoisotopic (exact) mass is 230 g/mol. The zero-order valence-electron chi connectivity index (χ0n) is 10.9. The highest BCUT2D eigenvalue weighted by atomic mass is 16.1. The first kappa shape index (κ1) is 12.3.